The second-order valence-electron chi connectivity index (χ2n) is 5.12. The number of thiophene rings is 1. The highest BCUT2D eigenvalue weighted by Gasteiger charge is 2.26. The normalized spacial score (nSPS) is 21.0. The van der Waals surface area contributed by atoms with E-state index in [4.69, 9.17) is 5.73 Å². The predicted octanol–water partition coefficient (Wildman–Crippen LogP) is 3.75. The van der Waals surface area contributed by atoms with Crippen LogP contribution in [0.2, 0.25) is 0 Å². The van der Waals surface area contributed by atoms with Crippen LogP contribution in [0.15, 0.2) is 22.9 Å². The summed E-state index contributed by atoms with van der Waals surface area (Å²) in [5.41, 5.74) is 6.93. The average Bonchev–Trinajstić information content (AvgIpc) is 3.12. The van der Waals surface area contributed by atoms with Crippen molar-refractivity contribution in [3.05, 3.63) is 22.9 Å². The van der Waals surface area contributed by atoms with Crippen molar-refractivity contribution < 1.29 is 4.79 Å². The number of nitrogens with one attached hydrogen (secondary N) is 1. The number of halogens is 1. The lowest BCUT2D eigenvalue weighted by Gasteiger charge is -2.13. The monoisotopic (exact) mass is 343 g/mol. The molecule has 2 aromatic rings. The third kappa shape index (κ3) is 4.03. The van der Waals surface area contributed by atoms with Gasteiger partial charge in [0, 0.05) is 17.8 Å². The van der Waals surface area contributed by atoms with E-state index in [9.17, 15) is 4.79 Å². The van der Waals surface area contributed by atoms with E-state index in [1.54, 1.807) is 11.3 Å². The van der Waals surface area contributed by atoms with Crippen molar-refractivity contribution in [2.24, 2.45) is 11.7 Å². The number of carbonyl (C=O) groups is 1. The van der Waals surface area contributed by atoms with Crippen molar-refractivity contribution in [3.8, 4) is 10.6 Å². The SMILES string of the molecule is Cl.N[C@@H]1CCC[C@H]1CC(=O)Nc1nc(-c2cccs2)cs1. The van der Waals surface area contributed by atoms with E-state index in [1.165, 1.54) is 11.3 Å². The van der Waals surface area contributed by atoms with Crippen LogP contribution in [0, 0.1) is 5.92 Å². The van der Waals surface area contributed by atoms with E-state index in [1.807, 2.05) is 22.9 Å². The lowest BCUT2D eigenvalue weighted by molar-refractivity contribution is -0.117. The highest BCUT2D eigenvalue weighted by molar-refractivity contribution is 7.16. The van der Waals surface area contributed by atoms with Crippen molar-refractivity contribution in [1.82, 2.24) is 4.98 Å². The van der Waals surface area contributed by atoms with Crippen LogP contribution in [0.25, 0.3) is 10.6 Å². The van der Waals surface area contributed by atoms with Crippen LogP contribution in [0.5, 0.6) is 0 Å². The first-order valence-corrected chi connectivity index (χ1v) is 8.53. The van der Waals surface area contributed by atoms with Crippen molar-refractivity contribution >= 4 is 46.1 Å². The first-order chi connectivity index (χ1) is 9.72. The minimum atomic E-state index is 0. The molecule has 4 nitrogen and oxygen atoms in total. The highest BCUT2D eigenvalue weighted by Crippen LogP contribution is 2.30. The van der Waals surface area contributed by atoms with Crippen LogP contribution in [0.1, 0.15) is 25.7 Å². The molecule has 0 spiro atoms. The summed E-state index contributed by atoms with van der Waals surface area (Å²) in [4.78, 5) is 17.6. The molecule has 2 atom stereocenters. The molecule has 0 radical (unpaired) electrons. The van der Waals surface area contributed by atoms with Crippen LogP contribution in [-0.2, 0) is 4.79 Å². The molecular formula is C14H18ClN3OS2. The van der Waals surface area contributed by atoms with E-state index in [0.29, 0.717) is 17.5 Å². The van der Waals surface area contributed by atoms with E-state index < -0.39 is 0 Å². The van der Waals surface area contributed by atoms with Crippen LogP contribution < -0.4 is 11.1 Å². The van der Waals surface area contributed by atoms with Gasteiger partial charge in [0.05, 0.1) is 10.6 Å². The molecule has 0 aromatic carbocycles. The number of anilines is 1. The zero-order valence-corrected chi connectivity index (χ0v) is 13.9. The fraction of sp³-hybridized carbons (Fsp3) is 0.429. The number of rotatable bonds is 4. The molecule has 3 N–H and O–H groups in total. The van der Waals surface area contributed by atoms with Gasteiger partial charge in [0.2, 0.25) is 5.91 Å². The first kappa shape index (κ1) is 16.4. The summed E-state index contributed by atoms with van der Waals surface area (Å²) in [5.74, 6) is 0.353. The van der Waals surface area contributed by atoms with Gasteiger partial charge in [-0.15, -0.1) is 35.1 Å². The van der Waals surface area contributed by atoms with Crippen LogP contribution >= 0.6 is 35.1 Å². The van der Waals surface area contributed by atoms with Gasteiger partial charge in [-0.1, -0.05) is 12.5 Å². The molecule has 0 aliphatic heterocycles. The quantitative estimate of drug-likeness (QED) is 0.888. The Bertz CT molecular complexity index is 585. The molecule has 1 saturated carbocycles. The second kappa shape index (κ2) is 7.35. The molecule has 1 aliphatic rings. The van der Waals surface area contributed by atoms with Crippen molar-refractivity contribution in [2.45, 2.75) is 31.7 Å². The standard InChI is InChI=1S/C14H17N3OS2.ClH/c15-10-4-1-3-9(10)7-13(18)17-14-16-11(8-20-14)12-5-2-6-19-12;/h2,5-6,8-10H,1,3-4,7,15H2,(H,16,17,18);1H/t9-,10+;/m0./s1. The second-order valence-corrected chi connectivity index (χ2v) is 6.93. The van der Waals surface area contributed by atoms with Crippen LogP contribution in [0.3, 0.4) is 0 Å². The number of amides is 1. The van der Waals surface area contributed by atoms with Gasteiger partial charge in [0.1, 0.15) is 0 Å². The van der Waals surface area contributed by atoms with Gasteiger partial charge in [0.15, 0.2) is 5.13 Å². The molecule has 114 valence electrons. The molecule has 0 bridgehead atoms. The molecule has 2 heterocycles. The minimum Gasteiger partial charge on any atom is -0.327 e. The summed E-state index contributed by atoms with van der Waals surface area (Å²) >= 11 is 3.12. The topological polar surface area (TPSA) is 68.0 Å². The van der Waals surface area contributed by atoms with E-state index in [-0.39, 0.29) is 24.4 Å². The number of hydrogen-bond donors (Lipinski definition) is 2. The molecule has 0 unspecified atom stereocenters. The number of nitrogens with zero attached hydrogens (tertiary/aromatic N) is 1. The minimum absolute atomic E-state index is 0. The number of carbonyl (C=O) groups excluding carboxylic acids is 1. The van der Waals surface area contributed by atoms with Gasteiger partial charge in [-0.25, -0.2) is 4.98 Å². The lowest BCUT2D eigenvalue weighted by atomic mass is 10.00. The van der Waals surface area contributed by atoms with Gasteiger partial charge in [-0.3, -0.25) is 4.79 Å². The molecule has 3 rings (SSSR count). The summed E-state index contributed by atoms with van der Waals surface area (Å²) in [6.07, 6.45) is 3.75. The lowest BCUT2D eigenvalue weighted by Crippen LogP contribution is -2.28. The van der Waals surface area contributed by atoms with Gasteiger partial charge >= 0.3 is 0 Å². The Labute approximate surface area is 138 Å². The summed E-state index contributed by atoms with van der Waals surface area (Å²) in [5, 5.41) is 7.56. The van der Waals surface area contributed by atoms with E-state index >= 15 is 0 Å². The maximum Gasteiger partial charge on any atom is 0.226 e. The van der Waals surface area contributed by atoms with Gasteiger partial charge < -0.3 is 11.1 Å². The van der Waals surface area contributed by atoms with Gasteiger partial charge in [-0.05, 0) is 30.2 Å². The number of aromatic nitrogens is 1. The Morgan fingerprint density at radius 3 is 2.95 bits per heavy atom. The number of thiazole rings is 1. The Morgan fingerprint density at radius 2 is 2.29 bits per heavy atom. The number of hydrogen-bond acceptors (Lipinski definition) is 5. The van der Waals surface area contributed by atoms with Gasteiger partial charge in [0.25, 0.3) is 0 Å². The number of nitrogens with two attached hydrogens (primary N) is 1. The smallest absolute Gasteiger partial charge is 0.226 e. The third-order valence-corrected chi connectivity index (χ3v) is 5.34. The van der Waals surface area contributed by atoms with Gasteiger partial charge in [-0.2, -0.15) is 0 Å². The first-order valence-electron chi connectivity index (χ1n) is 6.77. The zero-order valence-electron chi connectivity index (χ0n) is 11.5. The fourth-order valence-electron chi connectivity index (χ4n) is 2.60. The Morgan fingerprint density at radius 1 is 1.43 bits per heavy atom. The third-order valence-electron chi connectivity index (χ3n) is 3.69. The fourth-order valence-corrected chi connectivity index (χ4v) is 4.08. The molecule has 1 aliphatic carbocycles. The van der Waals surface area contributed by atoms with E-state index in [0.717, 1.165) is 29.8 Å². The maximum atomic E-state index is 12.0. The summed E-state index contributed by atoms with van der Waals surface area (Å²) in [6, 6.07) is 4.21. The largest absolute Gasteiger partial charge is 0.327 e. The van der Waals surface area contributed by atoms with E-state index in [2.05, 4.69) is 10.3 Å². The molecule has 21 heavy (non-hydrogen) atoms. The molecule has 7 heteroatoms. The Hall–Kier alpha value is -0.950. The molecular weight excluding hydrogens is 326 g/mol. The molecule has 0 saturated heterocycles. The van der Waals surface area contributed by atoms with Crippen molar-refractivity contribution in [1.29, 1.82) is 0 Å². The highest BCUT2D eigenvalue weighted by atomic mass is 35.5. The molecule has 1 amide bonds. The van der Waals surface area contributed by atoms with Crippen LogP contribution in [0.4, 0.5) is 5.13 Å². The Kier molecular flexibility index (Phi) is 5.75. The summed E-state index contributed by atoms with van der Waals surface area (Å²) < 4.78 is 0. The van der Waals surface area contributed by atoms with Crippen molar-refractivity contribution in [2.75, 3.05) is 5.32 Å². The Balaban J connectivity index is 0.00000161. The van der Waals surface area contributed by atoms with Crippen molar-refractivity contribution in [3.63, 3.8) is 0 Å². The average molecular weight is 344 g/mol. The van der Waals surface area contributed by atoms with Crippen LogP contribution in [-0.4, -0.2) is 16.9 Å². The molecule has 2 aromatic heterocycles. The predicted molar refractivity (Wildman–Crippen MR) is 91.2 cm³/mol. The zero-order chi connectivity index (χ0) is 13.9. The summed E-state index contributed by atoms with van der Waals surface area (Å²) in [7, 11) is 0. The summed E-state index contributed by atoms with van der Waals surface area (Å²) in [6.45, 7) is 0. The molecule has 1 fully saturated rings. The maximum absolute atomic E-state index is 12.0.